The number of nitrogens with one attached hydrogen (secondary N) is 1. The van der Waals surface area contributed by atoms with Gasteiger partial charge in [0.2, 0.25) is 5.82 Å². The average molecular weight is 226 g/mol. The van der Waals surface area contributed by atoms with Crippen molar-refractivity contribution in [2.75, 3.05) is 7.11 Å². The highest BCUT2D eigenvalue weighted by Crippen LogP contribution is 2.06. The Hall–Kier alpha value is -1.23. The SMILES string of the molecule is COC(=O)c1nc(=S)cc(CC(C)C)[nH]1. The fourth-order valence-corrected chi connectivity index (χ4v) is 1.48. The fraction of sp³-hybridized carbons (Fsp3) is 0.500. The van der Waals surface area contributed by atoms with E-state index in [9.17, 15) is 4.79 Å². The Morgan fingerprint density at radius 3 is 2.87 bits per heavy atom. The Kier molecular flexibility index (Phi) is 3.96. The van der Waals surface area contributed by atoms with Crippen LogP contribution in [0.15, 0.2) is 6.07 Å². The molecule has 0 saturated heterocycles. The first-order chi connectivity index (χ1) is 7.02. The summed E-state index contributed by atoms with van der Waals surface area (Å²) in [5, 5.41) is 0. The molecule has 0 aliphatic rings. The summed E-state index contributed by atoms with van der Waals surface area (Å²) >= 11 is 4.97. The van der Waals surface area contributed by atoms with E-state index in [1.807, 2.05) is 0 Å². The second-order valence-corrected chi connectivity index (χ2v) is 4.10. The number of rotatable bonds is 3. The number of hydrogen-bond acceptors (Lipinski definition) is 4. The van der Waals surface area contributed by atoms with Gasteiger partial charge >= 0.3 is 5.97 Å². The number of carbonyl (C=O) groups is 1. The van der Waals surface area contributed by atoms with Crippen LogP contribution < -0.4 is 0 Å². The number of ether oxygens (including phenoxy) is 1. The molecule has 1 aromatic rings. The first kappa shape index (κ1) is 11.8. The van der Waals surface area contributed by atoms with Gasteiger partial charge in [0.05, 0.1) is 7.11 Å². The highest BCUT2D eigenvalue weighted by Gasteiger charge is 2.09. The van der Waals surface area contributed by atoms with E-state index in [4.69, 9.17) is 12.2 Å². The minimum Gasteiger partial charge on any atom is -0.463 e. The lowest BCUT2D eigenvalue weighted by Gasteiger charge is -2.06. The predicted octanol–water partition coefficient (Wildman–Crippen LogP) is 2.12. The summed E-state index contributed by atoms with van der Waals surface area (Å²) in [6.07, 6.45) is 0.830. The standard InChI is InChI=1S/C10H14N2O2S/c1-6(2)4-7-5-8(15)12-9(11-7)10(13)14-3/h5-6H,4H2,1-3H3,(H,11,12,15). The molecule has 4 nitrogen and oxygen atoms in total. The van der Waals surface area contributed by atoms with Crippen molar-refractivity contribution in [3.05, 3.63) is 22.2 Å². The third-order valence-corrected chi connectivity index (χ3v) is 2.01. The highest BCUT2D eigenvalue weighted by molar-refractivity contribution is 7.71. The van der Waals surface area contributed by atoms with Crippen molar-refractivity contribution in [1.82, 2.24) is 9.97 Å². The third kappa shape index (κ3) is 3.43. The summed E-state index contributed by atoms with van der Waals surface area (Å²) in [6, 6.07) is 1.77. The van der Waals surface area contributed by atoms with Crippen molar-refractivity contribution in [3.8, 4) is 0 Å². The molecule has 0 bridgehead atoms. The Morgan fingerprint density at radius 1 is 1.67 bits per heavy atom. The van der Waals surface area contributed by atoms with Gasteiger partial charge in [-0.15, -0.1) is 0 Å². The molecule has 82 valence electrons. The zero-order valence-corrected chi connectivity index (χ0v) is 9.85. The van der Waals surface area contributed by atoms with Gasteiger partial charge in [-0.3, -0.25) is 0 Å². The molecular formula is C10H14N2O2S. The number of nitrogens with zero attached hydrogens (tertiary/aromatic N) is 1. The molecule has 0 spiro atoms. The van der Waals surface area contributed by atoms with E-state index in [0.717, 1.165) is 12.1 Å². The lowest BCUT2D eigenvalue weighted by atomic mass is 10.1. The largest absolute Gasteiger partial charge is 0.463 e. The molecule has 1 aromatic heterocycles. The summed E-state index contributed by atoms with van der Waals surface area (Å²) in [5.41, 5.74) is 0.908. The van der Waals surface area contributed by atoms with Crippen molar-refractivity contribution in [2.45, 2.75) is 20.3 Å². The minimum absolute atomic E-state index is 0.167. The maximum atomic E-state index is 11.2. The second-order valence-electron chi connectivity index (χ2n) is 3.68. The number of esters is 1. The average Bonchev–Trinajstić information content (AvgIpc) is 2.14. The molecule has 0 fully saturated rings. The molecule has 0 unspecified atom stereocenters. The normalized spacial score (nSPS) is 10.4. The summed E-state index contributed by atoms with van der Waals surface area (Å²) in [4.78, 5) is 18.1. The minimum atomic E-state index is -0.494. The van der Waals surface area contributed by atoms with Gasteiger partial charge in [-0.25, -0.2) is 9.78 Å². The first-order valence-corrected chi connectivity index (χ1v) is 5.12. The number of hydrogen-bond donors (Lipinski definition) is 1. The van der Waals surface area contributed by atoms with E-state index in [1.54, 1.807) is 6.07 Å². The van der Waals surface area contributed by atoms with E-state index in [2.05, 4.69) is 28.6 Å². The van der Waals surface area contributed by atoms with Gasteiger partial charge in [-0.05, 0) is 18.4 Å². The quantitative estimate of drug-likeness (QED) is 0.633. The smallest absolute Gasteiger partial charge is 0.374 e. The Morgan fingerprint density at radius 2 is 2.33 bits per heavy atom. The Labute approximate surface area is 93.7 Å². The van der Waals surface area contributed by atoms with Crippen LogP contribution >= 0.6 is 12.2 Å². The molecule has 1 heterocycles. The molecule has 0 aliphatic carbocycles. The van der Waals surface area contributed by atoms with Crippen LogP contribution in [0.25, 0.3) is 0 Å². The number of carbonyl (C=O) groups excluding carboxylic acids is 1. The monoisotopic (exact) mass is 226 g/mol. The van der Waals surface area contributed by atoms with Crippen LogP contribution in [0.1, 0.15) is 30.2 Å². The molecule has 0 aromatic carbocycles. The first-order valence-electron chi connectivity index (χ1n) is 4.71. The summed E-state index contributed by atoms with van der Waals surface area (Å²) < 4.78 is 4.98. The maximum Gasteiger partial charge on any atom is 0.374 e. The molecule has 0 atom stereocenters. The van der Waals surface area contributed by atoms with Crippen LogP contribution in [0, 0.1) is 10.6 Å². The molecule has 1 rings (SSSR count). The van der Waals surface area contributed by atoms with Gasteiger partial charge in [0.15, 0.2) is 0 Å². The second kappa shape index (κ2) is 5.02. The van der Waals surface area contributed by atoms with Crippen molar-refractivity contribution in [2.24, 2.45) is 5.92 Å². The van der Waals surface area contributed by atoms with Crippen LogP contribution in [0.2, 0.25) is 0 Å². The zero-order chi connectivity index (χ0) is 11.4. The van der Waals surface area contributed by atoms with Crippen molar-refractivity contribution in [1.29, 1.82) is 0 Å². The summed E-state index contributed by atoms with van der Waals surface area (Å²) in [7, 11) is 1.32. The van der Waals surface area contributed by atoms with Crippen molar-refractivity contribution in [3.63, 3.8) is 0 Å². The maximum absolute atomic E-state index is 11.2. The predicted molar refractivity (Wildman–Crippen MR) is 59.3 cm³/mol. The topological polar surface area (TPSA) is 55.0 Å². The number of H-pyrrole nitrogens is 1. The zero-order valence-electron chi connectivity index (χ0n) is 9.03. The number of methoxy groups -OCH3 is 1. The van der Waals surface area contributed by atoms with E-state index in [1.165, 1.54) is 7.11 Å². The Bertz CT molecular complexity index is 412. The molecule has 15 heavy (non-hydrogen) atoms. The number of aromatic nitrogens is 2. The molecule has 0 saturated carbocycles. The summed E-state index contributed by atoms with van der Waals surface area (Å²) in [6.45, 7) is 4.18. The lowest BCUT2D eigenvalue weighted by Crippen LogP contribution is -2.10. The molecule has 0 radical (unpaired) electrons. The van der Waals surface area contributed by atoms with Crippen LogP contribution in [-0.2, 0) is 11.2 Å². The Balaban J connectivity index is 3.05. The number of aromatic amines is 1. The van der Waals surface area contributed by atoms with Crippen molar-refractivity contribution < 1.29 is 9.53 Å². The van der Waals surface area contributed by atoms with E-state index >= 15 is 0 Å². The van der Waals surface area contributed by atoms with E-state index in [-0.39, 0.29) is 5.82 Å². The third-order valence-electron chi connectivity index (χ3n) is 1.81. The van der Waals surface area contributed by atoms with Gasteiger partial charge in [-0.2, -0.15) is 0 Å². The fourth-order valence-electron chi connectivity index (χ4n) is 1.25. The van der Waals surface area contributed by atoms with Gasteiger partial charge in [-0.1, -0.05) is 26.1 Å². The molecule has 5 heteroatoms. The van der Waals surface area contributed by atoms with Gasteiger partial charge in [0.1, 0.15) is 4.64 Å². The van der Waals surface area contributed by atoms with Gasteiger partial charge in [0, 0.05) is 5.69 Å². The molecule has 0 amide bonds. The molecular weight excluding hydrogens is 212 g/mol. The van der Waals surface area contributed by atoms with Crippen molar-refractivity contribution >= 4 is 18.2 Å². The summed E-state index contributed by atoms with van der Waals surface area (Å²) in [5.74, 6) is 0.163. The molecule has 1 N–H and O–H groups in total. The van der Waals surface area contributed by atoms with E-state index in [0.29, 0.717) is 10.6 Å². The van der Waals surface area contributed by atoms with Crippen LogP contribution in [0.3, 0.4) is 0 Å². The highest BCUT2D eigenvalue weighted by atomic mass is 32.1. The van der Waals surface area contributed by atoms with E-state index < -0.39 is 5.97 Å². The van der Waals surface area contributed by atoms with Crippen LogP contribution in [0.4, 0.5) is 0 Å². The lowest BCUT2D eigenvalue weighted by molar-refractivity contribution is 0.0586. The van der Waals surface area contributed by atoms with Crippen LogP contribution in [0.5, 0.6) is 0 Å². The van der Waals surface area contributed by atoms with Gasteiger partial charge < -0.3 is 9.72 Å². The molecule has 0 aliphatic heterocycles. The van der Waals surface area contributed by atoms with Gasteiger partial charge in [0.25, 0.3) is 0 Å². The van der Waals surface area contributed by atoms with Crippen LogP contribution in [-0.4, -0.2) is 23.0 Å².